The van der Waals surface area contributed by atoms with Crippen LogP contribution in [-0.2, 0) is 11.2 Å². The highest BCUT2D eigenvalue weighted by atomic mass is 16.5. The SMILES string of the molecule is COc1ccc(C(=O)N2C(=O)CCc3ccccc32)cc1O. The van der Waals surface area contributed by atoms with Crippen LogP contribution in [0.1, 0.15) is 22.3 Å². The first-order valence-electron chi connectivity index (χ1n) is 6.94. The number of ether oxygens (including phenoxy) is 1. The van der Waals surface area contributed by atoms with Crippen LogP contribution in [0.4, 0.5) is 5.69 Å². The molecule has 0 fully saturated rings. The minimum absolute atomic E-state index is 0.133. The average molecular weight is 297 g/mol. The molecule has 0 radical (unpaired) electrons. The van der Waals surface area contributed by atoms with Crippen molar-refractivity contribution in [3.8, 4) is 11.5 Å². The zero-order valence-electron chi connectivity index (χ0n) is 12.1. The van der Waals surface area contributed by atoms with Crippen molar-refractivity contribution in [1.29, 1.82) is 0 Å². The van der Waals surface area contributed by atoms with Crippen LogP contribution in [0.5, 0.6) is 11.5 Å². The highest BCUT2D eigenvalue weighted by Gasteiger charge is 2.30. The number of hydrogen-bond donors (Lipinski definition) is 1. The third-order valence-corrected chi connectivity index (χ3v) is 3.72. The van der Waals surface area contributed by atoms with E-state index in [1.54, 1.807) is 12.1 Å². The molecular formula is C17H15NO4. The highest BCUT2D eigenvalue weighted by molar-refractivity contribution is 6.22. The van der Waals surface area contributed by atoms with E-state index in [4.69, 9.17) is 4.74 Å². The van der Waals surface area contributed by atoms with Crippen molar-refractivity contribution in [3.05, 3.63) is 53.6 Å². The summed E-state index contributed by atoms with van der Waals surface area (Å²) in [4.78, 5) is 26.1. The Bertz CT molecular complexity index is 754. The van der Waals surface area contributed by atoms with Gasteiger partial charge in [0.2, 0.25) is 5.91 Å². The van der Waals surface area contributed by atoms with Crippen molar-refractivity contribution in [1.82, 2.24) is 0 Å². The van der Waals surface area contributed by atoms with Gasteiger partial charge in [-0.05, 0) is 36.2 Å². The van der Waals surface area contributed by atoms with E-state index >= 15 is 0 Å². The average Bonchev–Trinajstić information content (AvgIpc) is 2.54. The molecule has 0 aromatic heterocycles. The molecule has 0 aliphatic carbocycles. The molecule has 2 aromatic rings. The number of fused-ring (bicyclic) bond motifs is 1. The van der Waals surface area contributed by atoms with Gasteiger partial charge in [-0.2, -0.15) is 0 Å². The van der Waals surface area contributed by atoms with E-state index in [1.807, 2.05) is 12.1 Å². The second-order valence-corrected chi connectivity index (χ2v) is 5.05. The van der Waals surface area contributed by atoms with Gasteiger partial charge in [0.1, 0.15) is 0 Å². The molecule has 2 aromatic carbocycles. The summed E-state index contributed by atoms with van der Waals surface area (Å²) < 4.78 is 4.96. The van der Waals surface area contributed by atoms with Gasteiger partial charge in [0.25, 0.3) is 5.91 Å². The van der Waals surface area contributed by atoms with Gasteiger partial charge in [-0.3, -0.25) is 9.59 Å². The Kier molecular flexibility index (Phi) is 3.55. The Morgan fingerprint density at radius 2 is 1.95 bits per heavy atom. The Morgan fingerprint density at radius 1 is 1.18 bits per heavy atom. The summed E-state index contributed by atoms with van der Waals surface area (Å²) in [5, 5.41) is 9.82. The van der Waals surface area contributed by atoms with Crippen LogP contribution in [-0.4, -0.2) is 24.0 Å². The molecule has 2 amide bonds. The summed E-state index contributed by atoms with van der Waals surface area (Å²) in [7, 11) is 1.43. The number of anilines is 1. The number of nitrogens with zero attached hydrogens (tertiary/aromatic N) is 1. The summed E-state index contributed by atoms with van der Waals surface area (Å²) in [6, 6.07) is 11.7. The highest BCUT2D eigenvalue weighted by Crippen LogP contribution is 2.31. The van der Waals surface area contributed by atoms with Gasteiger partial charge in [-0.25, -0.2) is 4.90 Å². The van der Waals surface area contributed by atoms with E-state index < -0.39 is 5.91 Å². The fourth-order valence-electron chi connectivity index (χ4n) is 2.60. The first kappa shape index (κ1) is 14.1. The molecule has 1 aliphatic heterocycles. The van der Waals surface area contributed by atoms with Crippen molar-refractivity contribution in [2.24, 2.45) is 0 Å². The fourth-order valence-corrected chi connectivity index (χ4v) is 2.60. The number of benzene rings is 2. The molecular weight excluding hydrogens is 282 g/mol. The summed E-state index contributed by atoms with van der Waals surface area (Å²) in [6.45, 7) is 0. The molecule has 0 saturated carbocycles. The van der Waals surface area contributed by atoms with Gasteiger partial charge in [0.05, 0.1) is 12.8 Å². The molecule has 0 spiro atoms. The predicted octanol–water partition coefficient (Wildman–Crippen LogP) is 2.52. The quantitative estimate of drug-likeness (QED) is 0.865. The van der Waals surface area contributed by atoms with Crippen LogP contribution >= 0.6 is 0 Å². The van der Waals surface area contributed by atoms with Crippen molar-refractivity contribution in [2.75, 3.05) is 12.0 Å². The lowest BCUT2D eigenvalue weighted by Gasteiger charge is -2.27. The number of carbonyl (C=O) groups excluding carboxylic acids is 2. The summed E-state index contributed by atoms with van der Waals surface area (Å²) in [5.41, 5.74) is 1.82. The third kappa shape index (κ3) is 2.30. The lowest BCUT2D eigenvalue weighted by Crippen LogP contribution is -2.40. The minimum atomic E-state index is -0.449. The Balaban J connectivity index is 2.01. The molecule has 112 valence electrons. The number of phenolic OH excluding ortho intramolecular Hbond substituents is 1. The predicted molar refractivity (Wildman–Crippen MR) is 81.2 cm³/mol. The number of rotatable bonds is 2. The van der Waals surface area contributed by atoms with Gasteiger partial charge in [0.15, 0.2) is 11.5 Å². The van der Waals surface area contributed by atoms with Crippen LogP contribution in [0, 0.1) is 0 Å². The standard InChI is InChI=1S/C17H15NO4/c1-22-15-8-6-12(10-14(15)19)17(21)18-13-5-3-2-4-11(13)7-9-16(18)20/h2-6,8,10,19H,7,9H2,1H3. The van der Waals surface area contributed by atoms with Crippen LogP contribution in [0.25, 0.3) is 0 Å². The number of aryl methyl sites for hydroxylation is 1. The van der Waals surface area contributed by atoms with Crippen LogP contribution in [0.3, 0.4) is 0 Å². The zero-order valence-corrected chi connectivity index (χ0v) is 12.1. The van der Waals surface area contributed by atoms with E-state index in [9.17, 15) is 14.7 Å². The molecule has 3 rings (SSSR count). The number of para-hydroxylation sites is 1. The summed E-state index contributed by atoms with van der Waals surface area (Å²) in [6.07, 6.45) is 0.928. The Morgan fingerprint density at radius 3 is 2.68 bits per heavy atom. The fraction of sp³-hybridized carbons (Fsp3) is 0.176. The van der Waals surface area contributed by atoms with Gasteiger partial charge < -0.3 is 9.84 Å². The largest absolute Gasteiger partial charge is 0.504 e. The van der Waals surface area contributed by atoms with Gasteiger partial charge >= 0.3 is 0 Å². The maximum absolute atomic E-state index is 12.7. The second kappa shape index (κ2) is 5.52. The first-order chi connectivity index (χ1) is 10.6. The number of phenols is 1. The van der Waals surface area contributed by atoms with E-state index in [0.29, 0.717) is 18.5 Å². The molecule has 5 heteroatoms. The van der Waals surface area contributed by atoms with Crippen molar-refractivity contribution in [2.45, 2.75) is 12.8 Å². The number of aromatic hydroxyl groups is 1. The molecule has 1 heterocycles. The van der Waals surface area contributed by atoms with Gasteiger partial charge in [-0.1, -0.05) is 18.2 Å². The van der Waals surface area contributed by atoms with E-state index in [1.165, 1.54) is 30.2 Å². The zero-order chi connectivity index (χ0) is 15.7. The molecule has 22 heavy (non-hydrogen) atoms. The van der Waals surface area contributed by atoms with Crippen LogP contribution < -0.4 is 9.64 Å². The molecule has 0 bridgehead atoms. The number of amides is 2. The Labute approximate surface area is 127 Å². The molecule has 1 N–H and O–H groups in total. The summed E-state index contributed by atoms with van der Waals surface area (Å²) >= 11 is 0. The monoisotopic (exact) mass is 297 g/mol. The molecule has 5 nitrogen and oxygen atoms in total. The van der Waals surface area contributed by atoms with E-state index in [2.05, 4.69) is 0 Å². The van der Waals surface area contributed by atoms with E-state index in [-0.39, 0.29) is 23.0 Å². The smallest absolute Gasteiger partial charge is 0.265 e. The number of hydrogen-bond acceptors (Lipinski definition) is 4. The lowest BCUT2D eigenvalue weighted by atomic mass is 10.00. The van der Waals surface area contributed by atoms with Crippen molar-refractivity contribution < 1.29 is 19.4 Å². The third-order valence-electron chi connectivity index (χ3n) is 3.72. The summed E-state index contributed by atoms with van der Waals surface area (Å²) in [5.74, 6) is -0.540. The maximum atomic E-state index is 12.7. The van der Waals surface area contributed by atoms with Crippen LogP contribution in [0.15, 0.2) is 42.5 Å². The lowest BCUT2D eigenvalue weighted by molar-refractivity contribution is -0.118. The molecule has 0 unspecified atom stereocenters. The second-order valence-electron chi connectivity index (χ2n) is 5.05. The van der Waals surface area contributed by atoms with Gasteiger partial charge in [-0.15, -0.1) is 0 Å². The van der Waals surface area contributed by atoms with Gasteiger partial charge in [0, 0.05) is 12.0 Å². The minimum Gasteiger partial charge on any atom is -0.504 e. The molecule has 0 saturated heterocycles. The normalized spacial score (nSPS) is 13.7. The number of imide groups is 1. The number of carbonyl (C=O) groups is 2. The van der Waals surface area contributed by atoms with Crippen LogP contribution in [0.2, 0.25) is 0 Å². The maximum Gasteiger partial charge on any atom is 0.265 e. The molecule has 0 atom stereocenters. The van der Waals surface area contributed by atoms with Crippen molar-refractivity contribution >= 4 is 17.5 Å². The van der Waals surface area contributed by atoms with E-state index in [0.717, 1.165) is 5.56 Å². The van der Waals surface area contributed by atoms with Crippen molar-refractivity contribution in [3.63, 3.8) is 0 Å². The first-order valence-corrected chi connectivity index (χ1v) is 6.94. The Hall–Kier alpha value is -2.82. The molecule has 1 aliphatic rings. The topological polar surface area (TPSA) is 66.8 Å². The number of methoxy groups -OCH3 is 1.